The molecule has 9 nitrogen and oxygen atoms in total. The van der Waals surface area contributed by atoms with Crippen molar-refractivity contribution in [3.05, 3.63) is 60.8 Å². The van der Waals surface area contributed by atoms with E-state index < -0.39 is 0 Å². The van der Waals surface area contributed by atoms with Gasteiger partial charge in [-0.2, -0.15) is 4.98 Å². The van der Waals surface area contributed by atoms with Gasteiger partial charge in [0.2, 0.25) is 11.9 Å². The molecule has 0 saturated carbocycles. The predicted molar refractivity (Wildman–Crippen MR) is 142 cm³/mol. The first-order valence-electron chi connectivity index (χ1n) is 12.3. The summed E-state index contributed by atoms with van der Waals surface area (Å²) in [5.74, 6) is 2.24. The Morgan fingerprint density at radius 3 is 2.67 bits per heavy atom. The highest BCUT2D eigenvalue weighted by atomic mass is 16.5. The minimum Gasteiger partial charge on any atom is -0.493 e. The van der Waals surface area contributed by atoms with Gasteiger partial charge < -0.3 is 29.9 Å². The van der Waals surface area contributed by atoms with Crippen LogP contribution in [0, 0.1) is 0 Å². The average molecular weight is 491 g/mol. The van der Waals surface area contributed by atoms with E-state index in [9.17, 15) is 4.79 Å². The van der Waals surface area contributed by atoms with Crippen LogP contribution in [0.2, 0.25) is 0 Å². The molecular formula is C27H34N6O3. The Morgan fingerprint density at radius 2 is 1.89 bits per heavy atom. The van der Waals surface area contributed by atoms with Gasteiger partial charge in [-0.25, -0.2) is 4.98 Å². The van der Waals surface area contributed by atoms with E-state index in [1.807, 2.05) is 48.5 Å². The third kappa shape index (κ3) is 7.08. The molecule has 2 N–H and O–H groups in total. The molecule has 1 amide bonds. The molecule has 0 atom stereocenters. The minimum absolute atomic E-state index is 0.0732. The molecule has 9 heteroatoms. The van der Waals surface area contributed by atoms with Gasteiger partial charge in [0.05, 0.1) is 20.3 Å². The summed E-state index contributed by atoms with van der Waals surface area (Å²) >= 11 is 0. The minimum atomic E-state index is -0.0732. The topological polar surface area (TPSA) is 91.8 Å². The molecule has 0 aliphatic carbocycles. The Hall–Kier alpha value is -3.85. The van der Waals surface area contributed by atoms with Crippen LogP contribution in [0.4, 0.5) is 23.1 Å². The van der Waals surface area contributed by atoms with Gasteiger partial charge in [-0.3, -0.25) is 4.79 Å². The molecule has 1 fully saturated rings. The quantitative estimate of drug-likeness (QED) is 0.366. The second kappa shape index (κ2) is 12.7. The number of likely N-dealkylation sites (N-methyl/N-ethyl adjacent to an activating group) is 1. The number of methoxy groups -OCH3 is 1. The van der Waals surface area contributed by atoms with Crippen LogP contribution in [0.5, 0.6) is 11.5 Å². The Kier molecular flexibility index (Phi) is 8.93. The number of rotatable bonds is 12. The summed E-state index contributed by atoms with van der Waals surface area (Å²) in [6, 6.07) is 16.9. The largest absolute Gasteiger partial charge is 0.493 e. The van der Waals surface area contributed by atoms with E-state index >= 15 is 0 Å². The molecule has 3 aromatic rings. The Labute approximate surface area is 212 Å². The molecule has 0 spiro atoms. The number of hydrogen-bond donors (Lipinski definition) is 2. The summed E-state index contributed by atoms with van der Waals surface area (Å²) in [5.41, 5.74) is 1.62. The van der Waals surface area contributed by atoms with Crippen LogP contribution in [0.25, 0.3) is 0 Å². The van der Waals surface area contributed by atoms with Crippen molar-refractivity contribution in [1.82, 2.24) is 14.9 Å². The molecule has 1 aromatic heterocycles. The number of hydrogen-bond acceptors (Lipinski definition) is 8. The van der Waals surface area contributed by atoms with Crippen LogP contribution in [-0.2, 0) is 4.79 Å². The van der Waals surface area contributed by atoms with Crippen molar-refractivity contribution in [3.8, 4) is 11.5 Å². The molecule has 2 aromatic carbocycles. The zero-order valence-electron chi connectivity index (χ0n) is 20.9. The van der Waals surface area contributed by atoms with Crippen molar-refractivity contribution in [3.63, 3.8) is 0 Å². The first-order chi connectivity index (χ1) is 17.6. The Morgan fingerprint density at radius 1 is 1.08 bits per heavy atom. The fourth-order valence-corrected chi connectivity index (χ4v) is 4.07. The van der Waals surface area contributed by atoms with Gasteiger partial charge >= 0.3 is 0 Å². The predicted octanol–water partition coefficient (Wildman–Crippen LogP) is 4.17. The lowest BCUT2D eigenvalue weighted by Crippen LogP contribution is -2.32. The van der Waals surface area contributed by atoms with E-state index in [1.54, 1.807) is 31.3 Å². The van der Waals surface area contributed by atoms with Crippen LogP contribution in [-0.4, -0.2) is 67.7 Å². The summed E-state index contributed by atoms with van der Waals surface area (Å²) in [4.78, 5) is 25.4. The number of amides is 1. The van der Waals surface area contributed by atoms with Crippen molar-refractivity contribution in [1.29, 1.82) is 0 Å². The number of likely N-dealkylation sites (tertiary alicyclic amines) is 1. The second-order valence-corrected chi connectivity index (χ2v) is 8.65. The number of nitrogens with zero attached hydrogens (tertiary/aromatic N) is 4. The highest BCUT2D eigenvalue weighted by Crippen LogP contribution is 2.31. The number of benzene rings is 2. The van der Waals surface area contributed by atoms with E-state index in [0.29, 0.717) is 29.9 Å². The molecule has 4 rings (SSSR count). The number of ether oxygens (including phenoxy) is 2. The van der Waals surface area contributed by atoms with Crippen LogP contribution < -0.4 is 25.0 Å². The van der Waals surface area contributed by atoms with Gasteiger partial charge in [-0.15, -0.1) is 0 Å². The average Bonchev–Trinajstić information content (AvgIpc) is 3.44. The van der Waals surface area contributed by atoms with Crippen LogP contribution in [0.1, 0.15) is 19.3 Å². The maximum Gasteiger partial charge on any atom is 0.246 e. The lowest BCUT2D eigenvalue weighted by Gasteiger charge is -2.18. The van der Waals surface area contributed by atoms with Gasteiger partial charge in [0, 0.05) is 37.2 Å². The number of anilines is 4. The summed E-state index contributed by atoms with van der Waals surface area (Å²) in [6.07, 6.45) is 5.20. The molecule has 1 aliphatic heterocycles. The van der Waals surface area contributed by atoms with Crippen LogP contribution >= 0.6 is 0 Å². The molecule has 36 heavy (non-hydrogen) atoms. The van der Waals surface area contributed by atoms with Gasteiger partial charge in [0.1, 0.15) is 5.82 Å². The summed E-state index contributed by atoms with van der Waals surface area (Å²) in [7, 11) is 3.39. The van der Waals surface area contributed by atoms with E-state index in [0.717, 1.165) is 24.3 Å². The molecule has 0 radical (unpaired) electrons. The van der Waals surface area contributed by atoms with E-state index in [1.165, 1.54) is 25.9 Å². The van der Waals surface area contributed by atoms with E-state index in [2.05, 4.69) is 25.5 Å². The lowest BCUT2D eigenvalue weighted by molar-refractivity contribution is -0.116. The van der Waals surface area contributed by atoms with Crippen molar-refractivity contribution in [2.45, 2.75) is 19.3 Å². The monoisotopic (exact) mass is 490 g/mol. The maximum atomic E-state index is 12.5. The highest BCUT2D eigenvalue weighted by Gasteiger charge is 2.13. The Bertz CT molecular complexity index is 1120. The van der Waals surface area contributed by atoms with Crippen molar-refractivity contribution in [2.24, 2.45) is 0 Å². The Balaban J connectivity index is 1.32. The van der Waals surface area contributed by atoms with Crippen molar-refractivity contribution in [2.75, 3.05) is 62.5 Å². The number of carbonyl (C=O) groups is 1. The van der Waals surface area contributed by atoms with Gasteiger partial charge in [0.25, 0.3) is 0 Å². The highest BCUT2D eigenvalue weighted by molar-refractivity contribution is 5.95. The second-order valence-electron chi connectivity index (χ2n) is 8.65. The SMILES string of the molecule is COc1ccc(Nc2nccc(NCC(=O)N(C)c3ccccc3)n2)cc1OCCCN1CCCC1. The fourth-order valence-electron chi connectivity index (χ4n) is 4.07. The molecular weight excluding hydrogens is 456 g/mol. The molecule has 1 saturated heterocycles. The smallest absolute Gasteiger partial charge is 0.246 e. The van der Waals surface area contributed by atoms with Crippen molar-refractivity contribution < 1.29 is 14.3 Å². The number of para-hydroxylation sites is 1. The molecule has 0 bridgehead atoms. The lowest BCUT2D eigenvalue weighted by atomic mass is 10.2. The third-order valence-corrected chi connectivity index (χ3v) is 6.09. The van der Waals surface area contributed by atoms with Gasteiger partial charge in [-0.1, -0.05) is 18.2 Å². The summed E-state index contributed by atoms with van der Waals surface area (Å²) in [6.45, 7) is 4.16. The number of aromatic nitrogens is 2. The van der Waals surface area contributed by atoms with Gasteiger partial charge in [-0.05, 0) is 62.7 Å². The first-order valence-corrected chi connectivity index (χ1v) is 12.3. The molecule has 2 heterocycles. The van der Waals surface area contributed by atoms with Crippen LogP contribution in [0.15, 0.2) is 60.8 Å². The third-order valence-electron chi connectivity index (χ3n) is 6.09. The number of nitrogens with one attached hydrogen (secondary N) is 2. The molecule has 1 aliphatic rings. The molecule has 190 valence electrons. The van der Waals surface area contributed by atoms with Crippen LogP contribution in [0.3, 0.4) is 0 Å². The summed E-state index contributed by atoms with van der Waals surface area (Å²) in [5, 5.41) is 6.28. The zero-order chi connectivity index (χ0) is 25.2. The van der Waals surface area contributed by atoms with E-state index in [-0.39, 0.29) is 12.5 Å². The van der Waals surface area contributed by atoms with E-state index in [4.69, 9.17) is 9.47 Å². The molecule has 0 unspecified atom stereocenters. The maximum absolute atomic E-state index is 12.5. The van der Waals surface area contributed by atoms with Crippen molar-refractivity contribution >= 4 is 29.0 Å². The number of carbonyl (C=O) groups excluding carboxylic acids is 1. The fraction of sp³-hybridized carbons (Fsp3) is 0.370. The first kappa shape index (κ1) is 25.2. The summed E-state index contributed by atoms with van der Waals surface area (Å²) < 4.78 is 11.5. The van der Waals surface area contributed by atoms with Gasteiger partial charge in [0.15, 0.2) is 11.5 Å². The normalized spacial score (nSPS) is 13.3. The standard InChI is InChI=1S/C27H34N6O3/c1-32(22-9-4-3-5-10-22)26(34)20-29-25-13-14-28-27(31-25)30-21-11-12-23(35-2)24(19-21)36-18-8-17-33-15-6-7-16-33/h3-5,9-14,19H,6-8,15-18,20H2,1-2H3,(H2,28,29,30,31). The zero-order valence-corrected chi connectivity index (χ0v) is 20.9.